The third-order valence-electron chi connectivity index (χ3n) is 12.2. The van der Waals surface area contributed by atoms with Crippen molar-refractivity contribution >= 4 is 17.9 Å². The fraction of sp³-hybridized carbons (Fsp3) is 0.677. The third-order valence-corrected chi connectivity index (χ3v) is 12.2. The van der Waals surface area contributed by atoms with Crippen LogP contribution < -0.4 is 0 Å². The molecule has 0 aliphatic carbocycles. The van der Waals surface area contributed by atoms with Crippen LogP contribution in [0.1, 0.15) is 265 Å². The van der Waals surface area contributed by atoms with Crippen molar-refractivity contribution in [2.45, 2.75) is 271 Å². The zero-order valence-electron chi connectivity index (χ0n) is 46.2. The SMILES string of the molecule is CC/C=C\C/C=C\C/C=C\C/C=C\CCC(=O)OCC(COC(=O)CCCCCCCCCC/C=C\C/C=C\C/C=C\CCCCCCC)OC(=O)CCCCCCCCC/C=C\C/C=C\CCCCC. The number of hydrogen-bond donors (Lipinski definition) is 0. The summed E-state index contributed by atoms with van der Waals surface area (Å²) in [5.74, 6) is -1.01. The number of carbonyl (C=O) groups is 3. The Bertz CT molecular complexity index is 1460. The molecule has 0 saturated carbocycles. The molecule has 6 nitrogen and oxygen atoms in total. The van der Waals surface area contributed by atoms with E-state index >= 15 is 0 Å². The van der Waals surface area contributed by atoms with Gasteiger partial charge in [-0.3, -0.25) is 14.4 Å². The smallest absolute Gasteiger partial charge is 0.306 e. The monoisotopic (exact) mass is 985 g/mol. The van der Waals surface area contributed by atoms with E-state index in [4.69, 9.17) is 14.2 Å². The van der Waals surface area contributed by atoms with Gasteiger partial charge in [-0.15, -0.1) is 0 Å². The van der Waals surface area contributed by atoms with Crippen LogP contribution in [0.4, 0.5) is 0 Å². The second-order valence-electron chi connectivity index (χ2n) is 19.2. The van der Waals surface area contributed by atoms with Crippen molar-refractivity contribution in [3.63, 3.8) is 0 Å². The quantitative estimate of drug-likeness (QED) is 0.0261. The molecule has 0 aromatic rings. The molecule has 0 radical (unpaired) electrons. The highest BCUT2D eigenvalue weighted by molar-refractivity contribution is 5.71. The summed E-state index contributed by atoms with van der Waals surface area (Å²) in [6.45, 7) is 6.41. The molecule has 0 aromatic carbocycles. The highest BCUT2D eigenvalue weighted by Gasteiger charge is 2.19. The van der Waals surface area contributed by atoms with Crippen LogP contribution in [0.5, 0.6) is 0 Å². The maximum Gasteiger partial charge on any atom is 0.306 e. The van der Waals surface area contributed by atoms with Gasteiger partial charge in [-0.05, 0) is 116 Å². The number of esters is 3. The standard InChI is InChI=1S/C65H108O6/c1-4-7-10-13-16-19-22-25-27-29-30-31-32-33-34-36-37-40-43-46-49-52-55-58-64(67)70-61-62(60-69-63(66)57-54-51-48-45-42-39-24-21-18-15-12-9-6-3)71-65(68)59-56-53-50-47-44-41-38-35-28-26-23-20-17-14-11-8-5-2/h9,12,17-18,20-22,25-26,28-30,32-33,39,42,48,51,62H,4-8,10-11,13-16,19,23-24,27,31,34-38,40-41,43-47,49-50,52-61H2,1-3H3/b12-9-,20-17-,21-18-,25-22-,28-26-,30-29-,33-32-,42-39-,51-48-. The van der Waals surface area contributed by atoms with E-state index in [9.17, 15) is 14.4 Å². The van der Waals surface area contributed by atoms with E-state index in [1.54, 1.807) is 0 Å². The molecule has 0 aromatic heterocycles. The summed E-state index contributed by atoms with van der Waals surface area (Å²) in [7, 11) is 0. The van der Waals surface area contributed by atoms with Crippen molar-refractivity contribution < 1.29 is 28.6 Å². The van der Waals surface area contributed by atoms with Crippen LogP contribution in [-0.4, -0.2) is 37.2 Å². The molecule has 0 saturated heterocycles. The summed E-state index contributed by atoms with van der Waals surface area (Å²) in [4.78, 5) is 38.1. The summed E-state index contributed by atoms with van der Waals surface area (Å²) in [5, 5.41) is 0. The van der Waals surface area contributed by atoms with Crippen LogP contribution in [0.3, 0.4) is 0 Å². The zero-order valence-corrected chi connectivity index (χ0v) is 46.2. The van der Waals surface area contributed by atoms with Crippen molar-refractivity contribution in [1.82, 2.24) is 0 Å². The minimum atomic E-state index is -0.817. The molecule has 71 heavy (non-hydrogen) atoms. The first kappa shape index (κ1) is 67.1. The summed E-state index contributed by atoms with van der Waals surface area (Å²) in [5.41, 5.74) is 0. The molecule has 0 bridgehead atoms. The molecule has 404 valence electrons. The van der Waals surface area contributed by atoms with Gasteiger partial charge in [-0.1, -0.05) is 239 Å². The first-order valence-corrected chi connectivity index (χ1v) is 29.4. The molecule has 1 atom stereocenters. The summed E-state index contributed by atoms with van der Waals surface area (Å²) in [6, 6.07) is 0. The molecule has 0 spiro atoms. The van der Waals surface area contributed by atoms with Gasteiger partial charge in [0.25, 0.3) is 0 Å². The van der Waals surface area contributed by atoms with Crippen LogP contribution in [0.25, 0.3) is 0 Å². The summed E-state index contributed by atoms with van der Waals surface area (Å²) >= 11 is 0. The Labute approximate surface area is 438 Å². The lowest BCUT2D eigenvalue weighted by Gasteiger charge is -2.18. The van der Waals surface area contributed by atoms with Crippen molar-refractivity contribution in [3.8, 4) is 0 Å². The van der Waals surface area contributed by atoms with Crippen LogP contribution in [0.15, 0.2) is 109 Å². The maximum absolute atomic E-state index is 12.9. The van der Waals surface area contributed by atoms with Gasteiger partial charge in [-0.25, -0.2) is 0 Å². The Balaban J connectivity index is 4.43. The van der Waals surface area contributed by atoms with Gasteiger partial charge in [-0.2, -0.15) is 0 Å². The van der Waals surface area contributed by atoms with E-state index in [2.05, 4.69) is 124 Å². The minimum Gasteiger partial charge on any atom is -0.462 e. The zero-order chi connectivity index (χ0) is 51.4. The molecular formula is C65H108O6. The van der Waals surface area contributed by atoms with Gasteiger partial charge in [0.2, 0.25) is 0 Å². The highest BCUT2D eigenvalue weighted by atomic mass is 16.6. The van der Waals surface area contributed by atoms with Gasteiger partial charge in [0.15, 0.2) is 6.10 Å². The molecule has 0 rings (SSSR count). The summed E-state index contributed by atoms with van der Waals surface area (Å²) < 4.78 is 16.8. The third kappa shape index (κ3) is 56.9. The van der Waals surface area contributed by atoms with Crippen molar-refractivity contribution in [2.75, 3.05) is 13.2 Å². The molecule has 1 unspecified atom stereocenters. The molecule has 0 fully saturated rings. The Morgan fingerprint density at radius 3 is 0.972 bits per heavy atom. The predicted octanol–water partition coefficient (Wildman–Crippen LogP) is 19.9. The molecule has 0 aliphatic heterocycles. The van der Waals surface area contributed by atoms with E-state index in [0.29, 0.717) is 19.3 Å². The Hall–Kier alpha value is -3.93. The normalized spacial score (nSPS) is 12.9. The molecule has 6 heteroatoms. The van der Waals surface area contributed by atoms with Gasteiger partial charge < -0.3 is 14.2 Å². The van der Waals surface area contributed by atoms with Gasteiger partial charge in [0.05, 0.1) is 0 Å². The number of ether oxygens (including phenoxy) is 3. The number of rotatable bonds is 52. The molecule has 0 heterocycles. The average Bonchev–Trinajstić information content (AvgIpc) is 3.37. The Kier molecular flexibility index (Phi) is 55.4. The first-order valence-electron chi connectivity index (χ1n) is 29.4. The van der Waals surface area contributed by atoms with Crippen LogP contribution >= 0.6 is 0 Å². The van der Waals surface area contributed by atoms with E-state index in [1.165, 1.54) is 122 Å². The van der Waals surface area contributed by atoms with Crippen molar-refractivity contribution in [3.05, 3.63) is 109 Å². The number of carbonyl (C=O) groups excluding carboxylic acids is 3. The molecular weight excluding hydrogens is 877 g/mol. The topological polar surface area (TPSA) is 78.9 Å². The lowest BCUT2D eigenvalue weighted by Crippen LogP contribution is -2.30. The fourth-order valence-corrected chi connectivity index (χ4v) is 7.85. The van der Waals surface area contributed by atoms with Gasteiger partial charge in [0.1, 0.15) is 13.2 Å². The molecule has 0 amide bonds. The highest BCUT2D eigenvalue weighted by Crippen LogP contribution is 2.14. The molecule has 0 aliphatic rings. The second kappa shape index (κ2) is 58.6. The predicted molar refractivity (Wildman–Crippen MR) is 307 cm³/mol. The van der Waals surface area contributed by atoms with E-state index in [-0.39, 0.29) is 37.5 Å². The van der Waals surface area contributed by atoms with Crippen molar-refractivity contribution in [2.24, 2.45) is 0 Å². The summed E-state index contributed by atoms with van der Waals surface area (Å²) in [6.07, 6.45) is 79.5. The van der Waals surface area contributed by atoms with Gasteiger partial charge in [0, 0.05) is 19.3 Å². The lowest BCUT2D eigenvalue weighted by molar-refractivity contribution is -0.166. The number of hydrogen-bond acceptors (Lipinski definition) is 6. The largest absolute Gasteiger partial charge is 0.462 e. The fourth-order valence-electron chi connectivity index (χ4n) is 7.85. The van der Waals surface area contributed by atoms with Gasteiger partial charge >= 0.3 is 17.9 Å². The Morgan fingerprint density at radius 2 is 0.577 bits per heavy atom. The van der Waals surface area contributed by atoms with Crippen LogP contribution in [-0.2, 0) is 28.6 Å². The second-order valence-corrected chi connectivity index (χ2v) is 19.2. The van der Waals surface area contributed by atoms with E-state index in [1.807, 2.05) is 6.08 Å². The van der Waals surface area contributed by atoms with Crippen LogP contribution in [0.2, 0.25) is 0 Å². The Morgan fingerprint density at radius 1 is 0.296 bits per heavy atom. The van der Waals surface area contributed by atoms with E-state index < -0.39 is 6.10 Å². The molecule has 0 N–H and O–H groups in total. The number of allylic oxidation sites excluding steroid dienone is 18. The average molecular weight is 986 g/mol. The lowest BCUT2D eigenvalue weighted by atomic mass is 10.1. The maximum atomic E-state index is 12.9. The van der Waals surface area contributed by atoms with E-state index in [0.717, 1.165) is 96.3 Å². The minimum absolute atomic E-state index is 0.109. The van der Waals surface area contributed by atoms with Crippen LogP contribution in [0, 0.1) is 0 Å². The first-order chi connectivity index (χ1) is 35.0. The van der Waals surface area contributed by atoms with Crippen molar-refractivity contribution in [1.29, 1.82) is 0 Å². The number of unbranched alkanes of at least 4 members (excludes halogenated alkanes) is 23.